The molecule has 0 bridgehead atoms. The molecule has 45 heavy (non-hydrogen) atoms. The average Bonchev–Trinajstić information content (AvgIpc) is 3.63. The maximum absolute atomic E-state index is 13.7. The Kier molecular flexibility index (Phi) is 11.2. The number of esters is 2. The molecule has 2 aliphatic carbocycles. The maximum atomic E-state index is 13.7. The molecule has 0 spiro atoms. The number of imidazole rings is 1. The maximum Gasteiger partial charge on any atom is 0.309 e. The van der Waals surface area contributed by atoms with E-state index < -0.39 is 17.7 Å². The molecule has 2 aromatic rings. The van der Waals surface area contributed by atoms with Gasteiger partial charge in [-0.25, -0.2) is 4.98 Å². The third-order valence-corrected chi connectivity index (χ3v) is 10.5. The molecule has 246 valence electrons. The molecule has 10 nitrogen and oxygen atoms in total. The van der Waals surface area contributed by atoms with Gasteiger partial charge in [0.15, 0.2) is 17.6 Å². The Hall–Kier alpha value is -2.90. The molecule has 0 amide bonds. The summed E-state index contributed by atoms with van der Waals surface area (Å²) in [5.41, 5.74) is 5.34. The largest absolute Gasteiger partial charge is 0.461 e. The summed E-state index contributed by atoms with van der Waals surface area (Å²) < 4.78 is 20.2. The van der Waals surface area contributed by atoms with Crippen molar-refractivity contribution in [2.45, 2.75) is 121 Å². The van der Waals surface area contributed by atoms with Gasteiger partial charge in [0.05, 0.1) is 24.8 Å². The minimum absolute atomic E-state index is 0.0319. The van der Waals surface area contributed by atoms with Gasteiger partial charge in [-0.15, -0.1) is 6.42 Å². The molecule has 3 aliphatic rings. The molecule has 0 aromatic carbocycles. The smallest absolute Gasteiger partial charge is 0.309 e. The van der Waals surface area contributed by atoms with Crippen molar-refractivity contribution in [2.75, 3.05) is 18.9 Å². The lowest BCUT2D eigenvalue weighted by molar-refractivity contribution is -0.170. The van der Waals surface area contributed by atoms with Crippen molar-refractivity contribution in [2.24, 2.45) is 23.7 Å². The molecule has 5 rings (SSSR count). The Bertz CT molecular complexity index is 1360. The van der Waals surface area contributed by atoms with Gasteiger partial charge in [0.2, 0.25) is 10.9 Å². The van der Waals surface area contributed by atoms with Gasteiger partial charge in [0.1, 0.15) is 18.2 Å². The molecule has 3 atom stereocenters. The van der Waals surface area contributed by atoms with Crippen molar-refractivity contribution >= 4 is 40.5 Å². The van der Waals surface area contributed by atoms with Crippen LogP contribution in [0, 0.1) is 36.0 Å². The van der Waals surface area contributed by atoms with Crippen LogP contribution in [0.25, 0.3) is 11.2 Å². The fourth-order valence-corrected chi connectivity index (χ4v) is 7.60. The van der Waals surface area contributed by atoms with E-state index in [1.54, 1.807) is 10.9 Å². The van der Waals surface area contributed by atoms with E-state index in [0.29, 0.717) is 23.0 Å². The first-order valence-electron chi connectivity index (χ1n) is 16.9. The molecular formula is C34H48ClN5O5. The number of aromatic nitrogens is 4. The van der Waals surface area contributed by atoms with Crippen molar-refractivity contribution < 1.29 is 23.8 Å². The van der Waals surface area contributed by atoms with Crippen molar-refractivity contribution in [3.05, 3.63) is 11.6 Å². The van der Waals surface area contributed by atoms with E-state index in [1.807, 2.05) is 0 Å². The van der Waals surface area contributed by atoms with Gasteiger partial charge in [-0.05, 0) is 74.8 Å². The van der Waals surface area contributed by atoms with Gasteiger partial charge in [-0.3, -0.25) is 9.59 Å². The van der Waals surface area contributed by atoms with E-state index in [4.69, 9.17) is 38.0 Å². The van der Waals surface area contributed by atoms with E-state index in [2.05, 4.69) is 34.7 Å². The minimum Gasteiger partial charge on any atom is -0.461 e. The molecule has 1 aliphatic heterocycles. The van der Waals surface area contributed by atoms with Crippen molar-refractivity contribution in [3.63, 3.8) is 0 Å². The molecule has 3 heterocycles. The first-order valence-corrected chi connectivity index (χ1v) is 17.3. The van der Waals surface area contributed by atoms with Gasteiger partial charge in [0, 0.05) is 0 Å². The third kappa shape index (κ3) is 7.57. The van der Waals surface area contributed by atoms with Crippen LogP contribution in [0.4, 0.5) is 5.82 Å². The Morgan fingerprint density at radius 2 is 1.62 bits per heavy atom. The average molecular weight is 642 g/mol. The van der Waals surface area contributed by atoms with E-state index in [0.717, 1.165) is 51.4 Å². The van der Waals surface area contributed by atoms with Crippen LogP contribution < -0.4 is 5.73 Å². The zero-order valence-corrected chi connectivity index (χ0v) is 27.5. The van der Waals surface area contributed by atoms with Crippen LogP contribution in [0.2, 0.25) is 5.28 Å². The van der Waals surface area contributed by atoms with E-state index in [-0.39, 0.29) is 48.1 Å². The van der Waals surface area contributed by atoms with E-state index >= 15 is 0 Å². The molecule has 2 aromatic heterocycles. The summed E-state index contributed by atoms with van der Waals surface area (Å²) in [4.78, 5) is 39.7. The van der Waals surface area contributed by atoms with Crippen molar-refractivity contribution in [1.82, 2.24) is 19.5 Å². The van der Waals surface area contributed by atoms with Gasteiger partial charge in [-0.2, -0.15) is 9.97 Å². The number of hydrogen-bond donors (Lipinski definition) is 1. The molecule has 3 fully saturated rings. The summed E-state index contributed by atoms with van der Waals surface area (Å²) in [6.07, 6.45) is 21.2. The SMILES string of the molecule is C#C[C@]1(COC(=O)[C@H]2CC[C@H](CCCC)CC2)OCC(n2cnc3c(N)nc(Cl)nc32)[C@@H]1OC(=O)[C@H]1CC[C@H](CCCC)CC1. The van der Waals surface area contributed by atoms with Crippen LogP contribution in [0.3, 0.4) is 0 Å². The van der Waals surface area contributed by atoms with Gasteiger partial charge in [-0.1, -0.05) is 58.3 Å². The number of hydrogen-bond acceptors (Lipinski definition) is 9. The monoisotopic (exact) mass is 641 g/mol. The quantitative estimate of drug-likeness (QED) is 0.158. The van der Waals surface area contributed by atoms with Crippen LogP contribution in [-0.2, 0) is 23.8 Å². The van der Waals surface area contributed by atoms with Gasteiger partial charge < -0.3 is 24.5 Å². The number of halogens is 1. The van der Waals surface area contributed by atoms with Crippen LogP contribution in [0.5, 0.6) is 0 Å². The first-order chi connectivity index (χ1) is 21.8. The zero-order valence-electron chi connectivity index (χ0n) is 26.7. The standard InChI is InChI=1S/C34H48ClN5O5/c1-4-7-9-22-11-15-24(16-12-22)31(41)43-20-34(6-3)28(45-32(42)25-17-13-23(14-18-25)10-8-5-2)26(19-44-34)40-21-37-27-29(36)38-33(35)39-30(27)40/h3,21-26,28H,4-5,7-20H2,1-2H3,(H2,36,38,39)/t22-,23-,24-,25-,26?,28-,34+/m0/s1. The second-order valence-corrected chi connectivity index (χ2v) is 13.6. The van der Waals surface area contributed by atoms with Crippen molar-refractivity contribution in [1.29, 1.82) is 0 Å². The second kappa shape index (κ2) is 15.1. The number of nitrogens with zero attached hydrogens (tertiary/aromatic N) is 4. The highest BCUT2D eigenvalue weighted by atomic mass is 35.5. The molecule has 0 radical (unpaired) electrons. The highest BCUT2D eigenvalue weighted by Crippen LogP contribution is 2.41. The second-order valence-electron chi connectivity index (χ2n) is 13.3. The van der Waals surface area contributed by atoms with Crippen molar-refractivity contribution in [3.8, 4) is 12.3 Å². The summed E-state index contributed by atoms with van der Waals surface area (Å²) in [7, 11) is 0. The molecule has 11 heteroatoms. The number of nitrogens with two attached hydrogens (primary N) is 1. The number of unbranched alkanes of at least 4 members (excludes halogenated alkanes) is 2. The Labute approximate surface area is 271 Å². The molecule has 1 unspecified atom stereocenters. The van der Waals surface area contributed by atoms with Crippen LogP contribution in [-0.4, -0.2) is 56.4 Å². The van der Waals surface area contributed by atoms with Crippen LogP contribution >= 0.6 is 11.6 Å². The Morgan fingerprint density at radius 1 is 1.02 bits per heavy atom. The highest BCUT2D eigenvalue weighted by molar-refractivity contribution is 6.28. The first kappa shape index (κ1) is 33.5. The predicted molar refractivity (Wildman–Crippen MR) is 172 cm³/mol. The van der Waals surface area contributed by atoms with Gasteiger partial charge in [0.25, 0.3) is 0 Å². The number of rotatable bonds is 12. The van der Waals surface area contributed by atoms with E-state index in [1.165, 1.54) is 38.5 Å². The Morgan fingerprint density at radius 3 is 2.20 bits per heavy atom. The number of carbonyl (C=O) groups excluding carboxylic acids is 2. The summed E-state index contributed by atoms with van der Waals surface area (Å²) >= 11 is 6.15. The predicted octanol–water partition coefficient (Wildman–Crippen LogP) is 6.45. The van der Waals surface area contributed by atoms with Crippen LogP contribution in [0.15, 0.2) is 6.33 Å². The van der Waals surface area contributed by atoms with E-state index in [9.17, 15) is 9.59 Å². The lowest BCUT2D eigenvalue weighted by atomic mass is 9.80. The number of nitrogen functional groups attached to an aromatic ring is 1. The minimum atomic E-state index is -1.48. The lowest BCUT2D eigenvalue weighted by Crippen LogP contribution is -2.49. The molecule has 2 saturated carbocycles. The lowest BCUT2D eigenvalue weighted by Gasteiger charge is -2.34. The number of anilines is 1. The molecule has 2 N–H and O–H groups in total. The summed E-state index contributed by atoms with van der Waals surface area (Å²) in [6.45, 7) is 4.27. The number of carbonyl (C=O) groups is 2. The third-order valence-electron chi connectivity index (χ3n) is 10.3. The normalized spacial score (nSPS) is 30.2. The number of fused-ring (bicyclic) bond motifs is 1. The molecular weight excluding hydrogens is 594 g/mol. The van der Waals surface area contributed by atoms with Crippen LogP contribution in [0.1, 0.15) is 110 Å². The topological polar surface area (TPSA) is 131 Å². The molecule has 1 saturated heterocycles. The number of ether oxygens (including phenoxy) is 3. The summed E-state index contributed by atoms with van der Waals surface area (Å²) in [5.74, 6) is 3.20. The fraction of sp³-hybridized carbons (Fsp3) is 0.735. The van der Waals surface area contributed by atoms with Gasteiger partial charge >= 0.3 is 11.9 Å². The summed E-state index contributed by atoms with van der Waals surface area (Å²) in [6, 6.07) is -0.603. The fourth-order valence-electron chi connectivity index (χ4n) is 7.43. The summed E-state index contributed by atoms with van der Waals surface area (Å²) in [5, 5.41) is -0.0319. The zero-order chi connectivity index (χ0) is 32.0. The number of terminal acetylenes is 1. The Balaban J connectivity index is 1.33. The highest BCUT2D eigenvalue weighted by Gasteiger charge is 2.55.